The minimum atomic E-state index is -1.23. The molecule has 2 aromatic heterocycles. The number of benzene rings is 1. The maximum absolute atomic E-state index is 14.1. The largest absolute Gasteiger partial charge is 0.486 e. The lowest BCUT2D eigenvalue weighted by molar-refractivity contribution is -0.124. The van der Waals surface area contributed by atoms with E-state index in [2.05, 4.69) is 9.69 Å². The first kappa shape index (κ1) is 26.0. The molecule has 0 aliphatic carbocycles. The van der Waals surface area contributed by atoms with Gasteiger partial charge in [-0.05, 0) is 63.0 Å². The van der Waals surface area contributed by atoms with E-state index in [1.165, 1.54) is 4.90 Å². The normalized spacial score (nSPS) is 13.6. The summed E-state index contributed by atoms with van der Waals surface area (Å²) in [5, 5.41) is 3.00. The van der Waals surface area contributed by atoms with Gasteiger partial charge in [0, 0.05) is 17.3 Å². The summed E-state index contributed by atoms with van der Waals surface area (Å²) in [6.45, 7) is 8.17. The third-order valence-corrected chi connectivity index (χ3v) is 6.91. The Hall–Kier alpha value is -4.06. The van der Waals surface area contributed by atoms with E-state index in [1.54, 1.807) is 37.3 Å². The number of nitrogens with two attached hydrogens (primary N) is 2. The van der Waals surface area contributed by atoms with Gasteiger partial charge >= 0.3 is 0 Å². The highest BCUT2D eigenvalue weighted by molar-refractivity contribution is 7.09. The molecule has 3 aromatic rings. The number of ether oxygens (including phenoxy) is 2. The van der Waals surface area contributed by atoms with E-state index in [0.717, 1.165) is 11.5 Å². The molecule has 37 heavy (non-hydrogen) atoms. The van der Waals surface area contributed by atoms with Crippen molar-refractivity contribution < 1.29 is 28.3 Å². The molecule has 3 heterocycles. The number of aryl methyl sites for hydroxylation is 1. The van der Waals surface area contributed by atoms with Gasteiger partial charge in [0.2, 0.25) is 0 Å². The number of carbonyl (C=O) groups is 3. The minimum Gasteiger partial charge on any atom is -0.486 e. The molecule has 1 aliphatic heterocycles. The zero-order chi connectivity index (χ0) is 26.9. The van der Waals surface area contributed by atoms with Crippen molar-refractivity contribution in [1.29, 1.82) is 0 Å². The lowest BCUT2D eigenvalue weighted by Crippen LogP contribution is -2.50. The molecule has 0 radical (unpaired) electrons. The fourth-order valence-corrected chi connectivity index (χ4v) is 4.51. The van der Waals surface area contributed by atoms with Crippen molar-refractivity contribution in [3.8, 4) is 11.5 Å². The number of hydrogen-bond donors (Lipinski definition) is 3. The Labute approximate surface area is 217 Å². The van der Waals surface area contributed by atoms with Crippen molar-refractivity contribution in [3.05, 3.63) is 52.4 Å². The standard InChI is InChI=1S/C25H29N5O6S/c1-5-25(3,4)28-23(32)20(16-8-6-13(2)36-16)30(14-7-9-15-17(12-14)35-11-10-34-15)24(33)21-18(26)19(22(27)31)29-37-21/h6-9,12,20H,5,10-11,26H2,1-4H3,(H2,27,31)(H,28,32)/t20-/m1/s1. The van der Waals surface area contributed by atoms with Crippen LogP contribution in [0.1, 0.15) is 64.9 Å². The number of rotatable bonds is 8. The van der Waals surface area contributed by atoms with Gasteiger partial charge < -0.3 is 30.7 Å². The number of primary amides is 1. The molecular formula is C25H29N5O6S. The van der Waals surface area contributed by atoms with Crippen LogP contribution in [0.3, 0.4) is 0 Å². The van der Waals surface area contributed by atoms with Gasteiger partial charge in [0.25, 0.3) is 17.7 Å². The monoisotopic (exact) mass is 527 g/mol. The second-order valence-electron chi connectivity index (χ2n) is 9.22. The van der Waals surface area contributed by atoms with Crippen molar-refractivity contribution in [2.45, 2.75) is 45.7 Å². The van der Waals surface area contributed by atoms with Crippen LogP contribution in [0.4, 0.5) is 11.4 Å². The smallest absolute Gasteiger partial charge is 0.273 e. The second-order valence-corrected chi connectivity index (χ2v) is 9.99. The van der Waals surface area contributed by atoms with Crippen LogP contribution in [0.15, 0.2) is 34.7 Å². The molecule has 0 spiro atoms. The van der Waals surface area contributed by atoms with Gasteiger partial charge in [-0.2, -0.15) is 4.37 Å². The molecule has 5 N–H and O–H groups in total. The van der Waals surface area contributed by atoms with E-state index in [0.29, 0.717) is 42.6 Å². The van der Waals surface area contributed by atoms with Gasteiger partial charge in [-0.15, -0.1) is 0 Å². The Morgan fingerprint density at radius 3 is 2.46 bits per heavy atom. The summed E-state index contributed by atoms with van der Waals surface area (Å²) >= 11 is 0.726. The first-order valence-electron chi connectivity index (χ1n) is 11.7. The number of carbonyl (C=O) groups excluding carboxylic acids is 3. The zero-order valence-electron chi connectivity index (χ0n) is 21.0. The Kier molecular flexibility index (Phi) is 7.12. The molecule has 4 rings (SSSR count). The summed E-state index contributed by atoms with van der Waals surface area (Å²) in [6.07, 6.45) is 0.643. The Balaban J connectivity index is 1.90. The lowest BCUT2D eigenvalue weighted by Gasteiger charge is -2.33. The van der Waals surface area contributed by atoms with Crippen molar-refractivity contribution in [3.63, 3.8) is 0 Å². The zero-order valence-corrected chi connectivity index (χ0v) is 21.8. The van der Waals surface area contributed by atoms with Crippen LogP contribution in [-0.4, -0.2) is 40.8 Å². The minimum absolute atomic E-state index is 0.0421. The quantitative estimate of drug-likeness (QED) is 0.402. The van der Waals surface area contributed by atoms with E-state index in [-0.39, 0.29) is 22.0 Å². The van der Waals surface area contributed by atoms with Crippen molar-refractivity contribution in [1.82, 2.24) is 9.69 Å². The van der Waals surface area contributed by atoms with E-state index < -0.39 is 29.3 Å². The highest BCUT2D eigenvalue weighted by Gasteiger charge is 2.39. The first-order chi connectivity index (χ1) is 17.5. The molecule has 12 heteroatoms. The third kappa shape index (κ3) is 5.24. The number of aromatic nitrogens is 1. The maximum Gasteiger partial charge on any atom is 0.273 e. The highest BCUT2D eigenvalue weighted by Crippen LogP contribution is 2.39. The summed E-state index contributed by atoms with van der Waals surface area (Å²) < 4.78 is 21.2. The number of nitrogens with zero attached hydrogens (tertiary/aromatic N) is 2. The summed E-state index contributed by atoms with van der Waals surface area (Å²) in [6, 6.07) is 7.03. The fourth-order valence-electron chi connectivity index (χ4n) is 3.77. The van der Waals surface area contributed by atoms with E-state index >= 15 is 0 Å². The maximum atomic E-state index is 14.1. The van der Waals surface area contributed by atoms with E-state index in [9.17, 15) is 14.4 Å². The molecule has 11 nitrogen and oxygen atoms in total. The van der Waals surface area contributed by atoms with Crippen LogP contribution in [0.25, 0.3) is 0 Å². The van der Waals surface area contributed by atoms with Gasteiger partial charge in [0.15, 0.2) is 23.2 Å². The highest BCUT2D eigenvalue weighted by atomic mass is 32.1. The van der Waals surface area contributed by atoms with Crippen LogP contribution in [0, 0.1) is 6.92 Å². The van der Waals surface area contributed by atoms with Crippen molar-refractivity contribution >= 4 is 40.6 Å². The van der Waals surface area contributed by atoms with Gasteiger partial charge in [-0.1, -0.05) is 6.92 Å². The second kappa shape index (κ2) is 10.1. The molecular weight excluding hydrogens is 498 g/mol. The van der Waals surface area contributed by atoms with Crippen LogP contribution in [-0.2, 0) is 4.79 Å². The van der Waals surface area contributed by atoms with Crippen LogP contribution < -0.4 is 31.2 Å². The number of nitrogen functional groups attached to an aromatic ring is 1. The van der Waals surface area contributed by atoms with Crippen molar-refractivity contribution in [2.24, 2.45) is 5.73 Å². The summed E-state index contributed by atoms with van der Waals surface area (Å²) in [4.78, 5) is 40.9. The molecule has 1 aliphatic rings. The number of amides is 3. The SMILES string of the molecule is CCC(C)(C)NC(=O)[C@@H](c1ccc(C)o1)N(C(=O)c1snc(C(N)=O)c1N)c1ccc2c(c1)OCCO2. The van der Waals surface area contributed by atoms with Crippen molar-refractivity contribution in [2.75, 3.05) is 23.8 Å². The predicted octanol–water partition coefficient (Wildman–Crippen LogP) is 3.19. The molecule has 3 amide bonds. The summed E-state index contributed by atoms with van der Waals surface area (Å²) in [5.41, 5.74) is 10.9. The number of hydrogen-bond acceptors (Lipinski definition) is 9. The van der Waals surface area contributed by atoms with Crippen LogP contribution >= 0.6 is 11.5 Å². The lowest BCUT2D eigenvalue weighted by atomic mass is 10.0. The molecule has 0 bridgehead atoms. The third-order valence-electron chi connectivity index (χ3n) is 6.06. The Morgan fingerprint density at radius 1 is 1.16 bits per heavy atom. The molecule has 0 saturated heterocycles. The van der Waals surface area contributed by atoms with E-state index in [4.69, 9.17) is 25.4 Å². The molecule has 1 atom stereocenters. The molecule has 0 unspecified atom stereocenters. The van der Waals surface area contributed by atoms with Gasteiger partial charge in [0.1, 0.15) is 29.6 Å². The molecule has 196 valence electrons. The summed E-state index contributed by atoms with van der Waals surface area (Å²) in [7, 11) is 0. The van der Waals surface area contributed by atoms with Crippen LogP contribution in [0.5, 0.6) is 11.5 Å². The van der Waals surface area contributed by atoms with Gasteiger partial charge in [-0.3, -0.25) is 19.3 Å². The van der Waals surface area contributed by atoms with Gasteiger partial charge in [0.05, 0.1) is 5.69 Å². The topological polar surface area (TPSA) is 163 Å². The van der Waals surface area contributed by atoms with Crippen LogP contribution in [0.2, 0.25) is 0 Å². The number of anilines is 2. The Bertz CT molecular complexity index is 1350. The molecule has 0 fully saturated rings. The first-order valence-corrected chi connectivity index (χ1v) is 12.5. The average Bonchev–Trinajstić information content (AvgIpc) is 3.46. The predicted molar refractivity (Wildman–Crippen MR) is 138 cm³/mol. The number of fused-ring (bicyclic) bond motifs is 1. The molecule has 1 aromatic carbocycles. The summed E-state index contributed by atoms with van der Waals surface area (Å²) in [5.74, 6) is -0.267. The van der Waals surface area contributed by atoms with E-state index in [1.807, 2.05) is 20.8 Å². The number of nitrogens with one attached hydrogen (secondary N) is 1. The van der Waals surface area contributed by atoms with Gasteiger partial charge in [-0.25, -0.2) is 0 Å². The number of furan rings is 1. The average molecular weight is 528 g/mol. The molecule has 0 saturated carbocycles. The Morgan fingerprint density at radius 2 is 1.86 bits per heavy atom. The fraction of sp³-hybridized carbons (Fsp3) is 0.360.